The zero-order chi connectivity index (χ0) is 17.1. The van der Waals surface area contributed by atoms with E-state index in [1.54, 1.807) is 12.1 Å². The first-order chi connectivity index (χ1) is 11.5. The Balaban J connectivity index is 1.64. The Labute approximate surface area is 143 Å². The van der Waals surface area contributed by atoms with Gasteiger partial charge in [0.2, 0.25) is 0 Å². The van der Waals surface area contributed by atoms with Gasteiger partial charge in [0.05, 0.1) is 12.7 Å². The van der Waals surface area contributed by atoms with E-state index in [0.717, 1.165) is 31.4 Å². The molecule has 0 radical (unpaired) electrons. The van der Waals surface area contributed by atoms with Gasteiger partial charge in [0.25, 0.3) is 5.91 Å². The summed E-state index contributed by atoms with van der Waals surface area (Å²) in [4.78, 5) is 14.8. The lowest BCUT2D eigenvalue weighted by Gasteiger charge is -2.33. The predicted molar refractivity (Wildman–Crippen MR) is 90.8 cm³/mol. The van der Waals surface area contributed by atoms with Crippen LogP contribution in [-0.2, 0) is 27.2 Å². The minimum absolute atomic E-state index is 0.0389. The molecule has 5 heteroatoms. The number of carbonyl (C=O) groups excluding carboxylic acids is 1. The normalized spacial score (nSPS) is 21.8. The highest BCUT2D eigenvalue weighted by Gasteiger charge is 2.31. The predicted octanol–water partition coefficient (Wildman–Crippen LogP) is 2.50. The summed E-state index contributed by atoms with van der Waals surface area (Å²) in [5.41, 5.74) is 2.23. The van der Waals surface area contributed by atoms with E-state index in [0.29, 0.717) is 19.7 Å². The molecule has 0 saturated carbocycles. The van der Waals surface area contributed by atoms with Gasteiger partial charge in [0.1, 0.15) is 11.9 Å². The van der Waals surface area contributed by atoms with Gasteiger partial charge in [-0.3, -0.25) is 4.79 Å². The number of rotatable bonds is 5. The summed E-state index contributed by atoms with van der Waals surface area (Å²) in [6, 6.07) is 5.41. The maximum atomic E-state index is 12.9. The van der Waals surface area contributed by atoms with Gasteiger partial charge in [0, 0.05) is 19.7 Å². The minimum atomic E-state index is -0.437. The van der Waals surface area contributed by atoms with Gasteiger partial charge in [-0.2, -0.15) is 0 Å². The Morgan fingerprint density at radius 2 is 2.25 bits per heavy atom. The smallest absolute Gasteiger partial charge is 0.252 e. The molecule has 2 aliphatic rings. The van der Waals surface area contributed by atoms with Crippen molar-refractivity contribution in [2.24, 2.45) is 5.92 Å². The molecule has 1 aromatic rings. The number of phenolic OH excluding ortho intramolecular Hbond substituents is 1. The molecular formula is C19H27NO4. The highest BCUT2D eigenvalue weighted by atomic mass is 16.5. The number of benzene rings is 1. The fourth-order valence-corrected chi connectivity index (χ4v) is 3.45. The number of phenols is 1. The fourth-order valence-electron chi connectivity index (χ4n) is 3.45. The van der Waals surface area contributed by atoms with Crippen LogP contribution in [0.25, 0.3) is 0 Å². The van der Waals surface area contributed by atoms with Crippen molar-refractivity contribution in [1.82, 2.24) is 4.90 Å². The molecular weight excluding hydrogens is 306 g/mol. The first kappa shape index (κ1) is 17.2. The number of carbonyl (C=O) groups is 1. The first-order valence-electron chi connectivity index (χ1n) is 8.87. The summed E-state index contributed by atoms with van der Waals surface area (Å²) < 4.78 is 11.5. The average Bonchev–Trinajstić information content (AvgIpc) is 3.07. The third-order valence-electron chi connectivity index (χ3n) is 4.85. The quantitative estimate of drug-likeness (QED) is 0.899. The van der Waals surface area contributed by atoms with Crippen molar-refractivity contribution in [2.75, 3.05) is 19.8 Å². The molecule has 0 bridgehead atoms. The molecule has 2 atom stereocenters. The lowest BCUT2D eigenvalue weighted by Crippen LogP contribution is -2.45. The van der Waals surface area contributed by atoms with Gasteiger partial charge in [-0.15, -0.1) is 0 Å². The van der Waals surface area contributed by atoms with Crippen LogP contribution in [-0.4, -0.2) is 47.9 Å². The number of amides is 1. The molecule has 1 aromatic carbocycles. The molecule has 0 aliphatic carbocycles. The van der Waals surface area contributed by atoms with Crippen molar-refractivity contribution < 1.29 is 19.4 Å². The zero-order valence-electron chi connectivity index (χ0n) is 14.5. The van der Waals surface area contributed by atoms with Gasteiger partial charge >= 0.3 is 0 Å². The SMILES string of the molecule is CC(C)[C@@H](OC[C@H]1CCCO1)C(=O)N1CCc2ccc(O)cc2C1. The van der Waals surface area contributed by atoms with Crippen molar-refractivity contribution >= 4 is 5.91 Å². The van der Waals surface area contributed by atoms with Crippen LogP contribution in [0.15, 0.2) is 18.2 Å². The van der Waals surface area contributed by atoms with Gasteiger partial charge in [-0.25, -0.2) is 0 Å². The number of aromatic hydroxyl groups is 1. The minimum Gasteiger partial charge on any atom is -0.508 e. The second-order valence-corrected chi connectivity index (χ2v) is 7.10. The van der Waals surface area contributed by atoms with E-state index < -0.39 is 6.10 Å². The van der Waals surface area contributed by atoms with E-state index in [2.05, 4.69) is 0 Å². The molecule has 3 rings (SSSR count). The number of fused-ring (bicyclic) bond motifs is 1. The van der Waals surface area contributed by atoms with Crippen molar-refractivity contribution in [3.05, 3.63) is 29.3 Å². The maximum absolute atomic E-state index is 12.9. The number of nitrogens with zero attached hydrogens (tertiary/aromatic N) is 1. The molecule has 0 spiro atoms. The van der Waals surface area contributed by atoms with E-state index in [9.17, 15) is 9.90 Å². The van der Waals surface area contributed by atoms with Crippen molar-refractivity contribution in [3.8, 4) is 5.75 Å². The summed E-state index contributed by atoms with van der Waals surface area (Å²) >= 11 is 0. The Hall–Kier alpha value is -1.59. The summed E-state index contributed by atoms with van der Waals surface area (Å²) in [7, 11) is 0. The summed E-state index contributed by atoms with van der Waals surface area (Å²) in [6.07, 6.45) is 2.58. The summed E-state index contributed by atoms with van der Waals surface area (Å²) in [6.45, 7) is 6.54. The van der Waals surface area contributed by atoms with E-state index >= 15 is 0 Å². The Morgan fingerprint density at radius 3 is 2.96 bits per heavy atom. The van der Waals surface area contributed by atoms with E-state index in [1.807, 2.05) is 24.8 Å². The molecule has 2 aliphatic heterocycles. The number of hydrogen-bond acceptors (Lipinski definition) is 4. The topological polar surface area (TPSA) is 59.0 Å². The second kappa shape index (κ2) is 7.53. The Morgan fingerprint density at radius 1 is 1.42 bits per heavy atom. The molecule has 0 unspecified atom stereocenters. The average molecular weight is 333 g/mol. The maximum Gasteiger partial charge on any atom is 0.252 e. The monoisotopic (exact) mass is 333 g/mol. The second-order valence-electron chi connectivity index (χ2n) is 7.10. The van der Waals surface area contributed by atoms with Gasteiger partial charge in [0.15, 0.2) is 0 Å². The lowest BCUT2D eigenvalue weighted by atomic mass is 9.98. The molecule has 1 N–H and O–H groups in total. The summed E-state index contributed by atoms with van der Waals surface area (Å²) in [5.74, 6) is 0.402. The van der Waals surface area contributed by atoms with E-state index in [-0.39, 0.29) is 23.7 Å². The van der Waals surface area contributed by atoms with Crippen LogP contribution in [0, 0.1) is 5.92 Å². The van der Waals surface area contributed by atoms with Crippen molar-refractivity contribution in [2.45, 2.75) is 51.9 Å². The fraction of sp³-hybridized carbons (Fsp3) is 0.632. The van der Waals surface area contributed by atoms with Crippen LogP contribution < -0.4 is 0 Å². The van der Waals surface area contributed by atoms with Gasteiger partial charge in [-0.05, 0) is 48.4 Å². The van der Waals surface area contributed by atoms with Crippen LogP contribution in [0.2, 0.25) is 0 Å². The highest BCUT2D eigenvalue weighted by molar-refractivity contribution is 5.81. The molecule has 1 fully saturated rings. The molecule has 5 nitrogen and oxygen atoms in total. The Bertz CT molecular complexity index is 581. The zero-order valence-corrected chi connectivity index (χ0v) is 14.5. The van der Waals surface area contributed by atoms with E-state index in [4.69, 9.17) is 9.47 Å². The molecule has 0 aromatic heterocycles. The third-order valence-corrected chi connectivity index (χ3v) is 4.85. The molecule has 2 heterocycles. The number of hydrogen-bond donors (Lipinski definition) is 1. The molecule has 1 saturated heterocycles. The Kier molecular flexibility index (Phi) is 5.41. The molecule has 24 heavy (non-hydrogen) atoms. The van der Waals surface area contributed by atoms with Crippen LogP contribution in [0.3, 0.4) is 0 Å². The van der Waals surface area contributed by atoms with Crippen molar-refractivity contribution in [1.29, 1.82) is 0 Å². The molecule has 1 amide bonds. The van der Waals surface area contributed by atoms with Gasteiger partial charge in [-0.1, -0.05) is 19.9 Å². The van der Waals surface area contributed by atoms with Crippen LogP contribution >= 0.6 is 0 Å². The third kappa shape index (κ3) is 3.90. The van der Waals surface area contributed by atoms with E-state index in [1.165, 1.54) is 5.56 Å². The largest absolute Gasteiger partial charge is 0.508 e. The first-order valence-corrected chi connectivity index (χ1v) is 8.87. The lowest BCUT2D eigenvalue weighted by molar-refractivity contribution is -0.150. The van der Waals surface area contributed by atoms with Gasteiger partial charge < -0.3 is 19.5 Å². The molecule has 132 valence electrons. The van der Waals surface area contributed by atoms with Crippen LogP contribution in [0.5, 0.6) is 5.75 Å². The standard InChI is InChI=1S/C19H27NO4/c1-13(2)18(24-12-17-4-3-9-23-17)19(22)20-8-7-14-5-6-16(21)10-15(14)11-20/h5-6,10,13,17-18,21H,3-4,7-9,11-12H2,1-2H3/t17-,18-/m1/s1. The summed E-state index contributed by atoms with van der Waals surface area (Å²) in [5, 5.41) is 9.67. The number of ether oxygens (including phenoxy) is 2. The van der Waals surface area contributed by atoms with Crippen molar-refractivity contribution in [3.63, 3.8) is 0 Å². The highest BCUT2D eigenvalue weighted by Crippen LogP contribution is 2.25. The van der Waals surface area contributed by atoms with Crippen LogP contribution in [0.1, 0.15) is 37.8 Å². The van der Waals surface area contributed by atoms with Crippen LogP contribution in [0.4, 0.5) is 0 Å².